The first kappa shape index (κ1) is 12.9. The molecule has 98 valence electrons. The van der Waals surface area contributed by atoms with Crippen molar-refractivity contribution < 1.29 is 9.53 Å². The highest BCUT2D eigenvalue weighted by molar-refractivity contribution is 5.78. The second-order valence-electron chi connectivity index (χ2n) is 4.74. The maximum absolute atomic E-state index is 11.9. The minimum absolute atomic E-state index is 0.193. The number of para-hydroxylation sites is 1. The second kappa shape index (κ2) is 6.43. The zero-order valence-corrected chi connectivity index (χ0v) is 10.9. The first-order valence-corrected chi connectivity index (χ1v) is 6.79. The molecule has 3 heteroatoms. The SMILES string of the molecule is CCOc1ccccc1CNC(=O)C1CCCC1. The van der Waals surface area contributed by atoms with Gasteiger partial charge in [-0.05, 0) is 25.8 Å². The summed E-state index contributed by atoms with van der Waals surface area (Å²) in [6.45, 7) is 3.17. The summed E-state index contributed by atoms with van der Waals surface area (Å²) in [6, 6.07) is 7.87. The Bertz CT molecular complexity index is 397. The minimum Gasteiger partial charge on any atom is -0.494 e. The number of rotatable bonds is 5. The Morgan fingerprint density at radius 1 is 1.33 bits per heavy atom. The molecule has 18 heavy (non-hydrogen) atoms. The molecule has 0 aromatic heterocycles. The zero-order valence-electron chi connectivity index (χ0n) is 10.9. The molecule has 0 aliphatic heterocycles. The molecular formula is C15H21NO2. The molecule has 0 atom stereocenters. The van der Waals surface area contributed by atoms with Gasteiger partial charge in [-0.15, -0.1) is 0 Å². The van der Waals surface area contributed by atoms with Gasteiger partial charge in [0.05, 0.1) is 6.61 Å². The van der Waals surface area contributed by atoms with E-state index in [-0.39, 0.29) is 11.8 Å². The van der Waals surface area contributed by atoms with Gasteiger partial charge >= 0.3 is 0 Å². The van der Waals surface area contributed by atoms with Crippen molar-refractivity contribution >= 4 is 5.91 Å². The standard InChI is InChI=1S/C15H21NO2/c1-2-18-14-10-6-5-9-13(14)11-16-15(17)12-7-3-4-8-12/h5-6,9-10,12H,2-4,7-8,11H2,1H3,(H,16,17). The Balaban J connectivity index is 1.90. The summed E-state index contributed by atoms with van der Waals surface area (Å²) in [5.41, 5.74) is 1.05. The predicted molar refractivity (Wildman–Crippen MR) is 71.4 cm³/mol. The highest BCUT2D eigenvalue weighted by atomic mass is 16.5. The number of hydrogen-bond acceptors (Lipinski definition) is 2. The third-order valence-electron chi connectivity index (χ3n) is 3.45. The van der Waals surface area contributed by atoms with Crippen LogP contribution in [0.3, 0.4) is 0 Å². The molecular weight excluding hydrogens is 226 g/mol. The third-order valence-corrected chi connectivity index (χ3v) is 3.45. The molecule has 1 aromatic rings. The zero-order chi connectivity index (χ0) is 12.8. The number of benzene rings is 1. The van der Waals surface area contributed by atoms with E-state index in [0.717, 1.165) is 24.2 Å². The lowest BCUT2D eigenvalue weighted by Gasteiger charge is -2.13. The van der Waals surface area contributed by atoms with E-state index in [1.54, 1.807) is 0 Å². The fourth-order valence-electron chi connectivity index (χ4n) is 2.46. The molecule has 1 N–H and O–H groups in total. The van der Waals surface area contributed by atoms with Crippen molar-refractivity contribution in [2.24, 2.45) is 5.92 Å². The van der Waals surface area contributed by atoms with Crippen LogP contribution >= 0.6 is 0 Å². The average Bonchev–Trinajstić information content (AvgIpc) is 2.92. The van der Waals surface area contributed by atoms with Crippen LogP contribution in [0.1, 0.15) is 38.2 Å². The third kappa shape index (κ3) is 3.25. The summed E-state index contributed by atoms with van der Waals surface area (Å²) >= 11 is 0. The molecule has 2 rings (SSSR count). The van der Waals surface area contributed by atoms with Crippen molar-refractivity contribution in [3.05, 3.63) is 29.8 Å². The monoisotopic (exact) mass is 247 g/mol. The van der Waals surface area contributed by atoms with Gasteiger partial charge in [-0.25, -0.2) is 0 Å². The predicted octanol–water partition coefficient (Wildman–Crippen LogP) is 2.89. The topological polar surface area (TPSA) is 38.3 Å². The molecule has 0 bridgehead atoms. The highest BCUT2D eigenvalue weighted by Crippen LogP contribution is 2.25. The molecule has 1 fully saturated rings. The van der Waals surface area contributed by atoms with Gasteiger partial charge in [0.25, 0.3) is 0 Å². The fraction of sp³-hybridized carbons (Fsp3) is 0.533. The van der Waals surface area contributed by atoms with E-state index in [9.17, 15) is 4.79 Å². The van der Waals surface area contributed by atoms with Crippen molar-refractivity contribution in [3.8, 4) is 5.75 Å². The number of carbonyl (C=O) groups is 1. The Morgan fingerprint density at radius 3 is 2.78 bits per heavy atom. The van der Waals surface area contributed by atoms with E-state index >= 15 is 0 Å². The minimum atomic E-state index is 0.193. The fourth-order valence-corrected chi connectivity index (χ4v) is 2.46. The molecule has 1 saturated carbocycles. The van der Waals surface area contributed by atoms with Gasteiger partial charge in [0.2, 0.25) is 5.91 Å². The van der Waals surface area contributed by atoms with Gasteiger partial charge in [0, 0.05) is 18.0 Å². The van der Waals surface area contributed by atoms with Crippen LogP contribution in [0, 0.1) is 5.92 Å². The van der Waals surface area contributed by atoms with Crippen LogP contribution in [0.15, 0.2) is 24.3 Å². The molecule has 1 amide bonds. The van der Waals surface area contributed by atoms with E-state index in [1.165, 1.54) is 12.8 Å². The summed E-state index contributed by atoms with van der Waals surface area (Å²) in [4.78, 5) is 11.9. The maximum Gasteiger partial charge on any atom is 0.223 e. The first-order valence-electron chi connectivity index (χ1n) is 6.79. The average molecular weight is 247 g/mol. The van der Waals surface area contributed by atoms with E-state index < -0.39 is 0 Å². The van der Waals surface area contributed by atoms with E-state index in [4.69, 9.17) is 4.74 Å². The smallest absolute Gasteiger partial charge is 0.223 e. The summed E-state index contributed by atoms with van der Waals surface area (Å²) in [7, 11) is 0. The molecule has 0 heterocycles. The summed E-state index contributed by atoms with van der Waals surface area (Å²) < 4.78 is 5.54. The molecule has 0 spiro atoms. The summed E-state index contributed by atoms with van der Waals surface area (Å²) in [6.07, 6.45) is 4.46. The molecule has 1 aromatic carbocycles. The van der Waals surface area contributed by atoms with Crippen LogP contribution in [0.5, 0.6) is 5.75 Å². The molecule has 3 nitrogen and oxygen atoms in total. The van der Waals surface area contributed by atoms with Gasteiger partial charge in [-0.1, -0.05) is 31.0 Å². The Labute approximate surface area is 109 Å². The Kier molecular flexibility index (Phi) is 4.62. The molecule has 0 unspecified atom stereocenters. The van der Waals surface area contributed by atoms with Crippen LogP contribution in [-0.4, -0.2) is 12.5 Å². The van der Waals surface area contributed by atoms with Crippen molar-refractivity contribution in [1.29, 1.82) is 0 Å². The lowest BCUT2D eigenvalue weighted by Crippen LogP contribution is -2.28. The van der Waals surface area contributed by atoms with E-state index in [1.807, 2.05) is 31.2 Å². The van der Waals surface area contributed by atoms with Gasteiger partial charge in [0.1, 0.15) is 5.75 Å². The first-order chi connectivity index (χ1) is 8.81. The number of nitrogens with one attached hydrogen (secondary N) is 1. The quantitative estimate of drug-likeness (QED) is 0.868. The largest absolute Gasteiger partial charge is 0.494 e. The van der Waals surface area contributed by atoms with E-state index in [2.05, 4.69) is 5.32 Å². The molecule has 1 aliphatic rings. The summed E-state index contributed by atoms with van der Waals surface area (Å²) in [5.74, 6) is 1.29. The van der Waals surface area contributed by atoms with E-state index in [0.29, 0.717) is 13.2 Å². The van der Waals surface area contributed by atoms with Crippen molar-refractivity contribution in [2.45, 2.75) is 39.2 Å². The Morgan fingerprint density at radius 2 is 2.06 bits per heavy atom. The number of carbonyl (C=O) groups excluding carboxylic acids is 1. The van der Waals surface area contributed by atoms with Crippen molar-refractivity contribution in [1.82, 2.24) is 5.32 Å². The van der Waals surface area contributed by atoms with Crippen LogP contribution in [-0.2, 0) is 11.3 Å². The van der Waals surface area contributed by atoms with Gasteiger partial charge in [-0.2, -0.15) is 0 Å². The highest BCUT2D eigenvalue weighted by Gasteiger charge is 2.22. The molecule has 0 saturated heterocycles. The van der Waals surface area contributed by atoms with Crippen LogP contribution in [0.4, 0.5) is 0 Å². The number of amides is 1. The number of hydrogen-bond donors (Lipinski definition) is 1. The van der Waals surface area contributed by atoms with Crippen molar-refractivity contribution in [2.75, 3.05) is 6.61 Å². The normalized spacial score (nSPS) is 15.6. The van der Waals surface area contributed by atoms with Crippen LogP contribution in [0.2, 0.25) is 0 Å². The molecule has 0 radical (unpaired) electrons. The second-order valence-corrected chi connectivity index (χ2v) is 4.74. The number of ether oxygens (including phenoxy) is 1. The van der Waals surface area contributed by atoms with Crippen LogP contribution < -0.4 is 10.1 Å². The summed E-state index contributed by atoms with van der Waals surface area (Å²) in [5, 5.41) is 3.02. The van der Waals surface area contributed by atoms with Gasteiger partial charge < -0.3 is 10.1 Å². The molecule has 1 aliphatic carbocycles. The van der Waals surface area contributed by atoms with Crippen LogP contribution in [0.25, 0.3) is 0 Å². The maximum atomic E-state index is 11.9. The Hall–Kier alpha value is -1.51. The van der Waals surface area contributed by atoms with Crippen molar-refractivity contribution in [3.63, 3.8) is 0 Å². The lowest BCUT2D eigenvalue weighted by molar-refractivity contribution is -0.124. The van der Waals surface area contributed by atoms with Gasteiger partial charge in [-0.3, -0.25) is 4.79 Å². The van der Waals surface area contributed by atoms with Gasteiger partial charge in [0.15, 0.2) is 0 Å². The lowest BCUT2D eigenvalue weighted by atomic mass is 10.1.